The van der Waals surface area contributed by atoms with Crippen molar-refractivity contribution in [3.63, 3.8) is 0 Å². The lowest BCUT2D eigenvalue weighted by atomic mass is 9.82. The Morgan fingerprint density at radius 3 is 2.50 bits per heavy atom. The molecule has 0 unspecified atom stereocenters. The standard InChI is InChI=1S/C26H36N2O5S/c1-18(2)6-5-7-21-16-22(24(34-21)26(31)32-4)28(17-23(29)27-12-14-33-15-13-27)25(30)20-10-8-19(3)9-11-20/h16,18-20H,6,8-15,17H2,1-4H3. The van der Waals surface area contributed by atoms with Crippen LogP contribution in [-0.2, 0) is 19.1 Å². The molecule has 7 nitrogen and oxygen atoms in total. The Morgan fingerprint density at radius 1 is 1.21 bits per heavy atom. The predicted molar refractivity (Wildman–Crippen MR) is 133 cm³/mol. The third-order valence-corrected chi connectivity index (χ3v) is 7.40. The molecule has 8 heteroatoms. The normalized spacial score (nSPS) is 20.4. The number of carbonyl (C=O) groups is 3. The molecule has 34 heavy (non-hydrogen) atoms. The third kappa shape index (κ3) is 6.83. The molecule has 0 atom stereocenters. The largest absolute Gasteiger partial charge is 0.465 e. The van der Waals surface area contributed by atoms with Crippen LogP contribution < -0.4 is 4.90 Å². The van der Waals surface area contributed by atoms with Crippen molar-refractivity contribution < 1.29 is 23.9 Å². The van der Waals surface area contributed by atoms with Crippen LogP contribution in [0.4, 0.5) is 5.69 Å². The molecule has 2 amide bonds. The number of hydrogen-bond acceptors (Lipinski definition) is 6. The molecule has 0 spiro atoms. The van der Waals surface area contributed by atoms with Crippen LogP contribution in [-0.4, -0.2) is 62.6 Å². The number of thiophene rings is 1. The summed E-state index contributed by atoms with van der Waals surface area (Å²) in [6.07, 6.45) is 4.29. The number of morpholine rings is 1. The van der Waals surface area contributed by atoms with Gasteiger partial charge in [-0.1, -0.05) is 32.6 Å². The molecule has 0 aromatic carbocycles. The number of ether oxygens (including phenoxy) is 2. The van der Waals surface area contributed by atoms with Gasteiger partial charge in [0.2, 0.25) is 11.8 Å². The second-order valence-electron chi connectivity index (χ2n) is 9.59. The summed E-state index contributed by atoms with van der Waals surface area (Å²) in [6.45, 7) is 8.27. The van der Waals surface area contributed by atoms with E-state index in [1.54, 1.807) is 11.0 Å². The minimum Gasteiger partial charge on any atom is -0.465 e. The van der Waals surface area contributed by atoms with Crippen LogP contribution in [0.3, 0.4) is 0 Å². The first-order chi connectivity index (χ1) is 16.3. The Bertz CT molecular complexity index is 931. The lowest BCUT2D eigenvalue weighted by Gasteiger charge is -2.33. The number of carbonyl (C=O) groups excluding carboxylic acids is 3. The van der Waals surface area contributed by atoms with Crippen LogP contribution in [0.5, 0.6) is 0 Å². The summed E-state index contributed by atoms with van der Waals surface area (Å²) in [5, 5.41) is 0. The highest BCUT2D eigenvalue weighted by molar-refractivity contribution is 7.15. The molecule has 1 aliphatic carbocycles. The highest BCUT2D eigenvalue weighted by Crippen LogP contribution is 2.35. The molecule has 2 heterocycles. The van der Waals surface area contributed by atoms with Crippen LogP contribution >= 0.6 is 11.3 Å². The van der Waals surface area contributed by atoms with Gasteiger partial charge in [-0.2, -0.15) is 0 Å². The van der Waals surface area contributed by atoms with Crippen LogP contribution in [0.1, 0.15) is 67.4 Å². The van der Waals surface area contributed by atoms with E-state index in [1.807, 2.05) is 0 Å². The molecule has 1 aromatic heterocycles. The maximum absolute atomic E-state index is 13.7. The Labute approximate surface area is 206 Å². The van der Waals surface area contributed by atoms with Gasteiger partial charge < -0.3 is 19.3 Å². The van der Waals surface area contributed by atoms with E-state index in [9.17, 15) is 14.4 Å². The molecule has 1 aromatic rings. The Hall–Kier alpha value is -2.37. The maximum atomic E-state index is 13.7. The van der Waals surface area contributed by atoms with Crippen LogP contribution in [0.2, 0.25) is 0 Å². The maximum Gasteiger partial charge on any atom is 0.350 e. The summed E-state index contributed by atoms with van der Waals surface area (Å²) >= 11 is 1.21. The van der Waals surface area contributed by atoms with E-state index < -0.39 is 5.97 Å². The molecule has 1 saturated heterocycles. The van der Waals surface area contributed by atoms with Gasteiger partial charge in [0.25, 0.3) is 0 Å². The zero-order chi connectivity index (χ0) is 24.7. The molecule has 0 N–H and O–H groups in total. The fourth-order valence-corrected chi connectivity index (χ4v) is 5.24. The van der Waals surface area contributed by atoms with Crippen LogP contribution in [0.15, 0.2) is 6.07 Å². The van der Waals surface area contributed by atoms with Crippen molar-refractivity contribution in [2.45, 2.75) is 52.9 Å². The Morgan fingerprint density at radius 2 is 1.88 bits per heavy atom. The van der Waals surface area contributed by atoms with Crippen molar-refractivity contribution in [2.24, 2.45) is 17.8 Å². The first-order valence-electron chi connectivity index (χ1n) is 12.2. The van der Waals surface area contributed by atoms with Gasteiger partial charge in [-0.15, -0.1) is 11.3 Å². The van der Waals surface area contributed by atoms with E-state index in [0.717, 1.165) is 32.1 Å². The minimum atomic E-state index is -0.522. The lowest BCUT2D eigenvalue weighted by molar-refractivity contribution is -0.135. The second-order valence-corrected chi connectivity index (χ2v) is 10.6. The van der Waals surface area contributed by atoms with Crippen molar-refractivity contribution in [3.8, 4) is 11.8 Å². The Balaban J connectivity index is 1.95. The third-order valence-electron chi connectivity index (χ3n) is 6.38. The topological polar surface area (TPSA) is 76.2 Å². The van der Waals surface area contributed by atoms with Gasteiger partial charge in [-0.25, -0.2) is 4.79 Å². The summed E-state index contributed by atoms with van der Waals surface area (Å²) in [5.74, 6) is 6.38. The molecular formula is C26H36N2O5S. The fraction of sp³-hybridized carbons (Fsp3) is 0.654. The van der Waals surface area contributed by atoms with Crippen molar-refractivity contribution >= 4 is 34.8 Å². The molecule has 2 aliphatic rings. The van der Waals surface area contributed by atoms with Crippen molar-refractivity contribution in [3.05, 3.63) is 15.8 Å². The van der Waals surface area contributed by atoms with Gasteiger partial charge in [-0.05, 0) is 43.6 Å². The first-order valence-corrected chi connectivity index (χ1v) is 13.0. The first kappa shape index (κ1) is 26.2. The number of rotatable bonds is 6. The summed E-state index contributed by atoms with van der Waals surface area (Å²) in [7, 11) is 1.32. The van der Waals surface area contributed by atoms with Gasteiger partial charge in [0.15, 0.2) is 0 Å². The minimum absolute atomic E-state index is 0.0989. The fourth-order valence-electron chi connectivity index (χ4n) is 4.28. The van der Waals surface area contributed by atoms with Gasteiger partial charge in [-0.3, -0.25) is 9.59 Å². The summed E-state index contributed by atoms with van der Waals surface area (Å²) in [6, 6.07) is 1.76. The van der Waals surface area contributed by atoms with Crippen molar-refractivity contribution in [1.82, 2.24) is 4.90 Å². The predicted octanol–water partition coefficient (Wildman–Crippen LogP) is 3.95. The molecule has 0 radical (unpaired) electrons. The SMILES string of the molecule is COC(=O)c1sc(C#CCC(C)C)cc1N(CC(=O)N1CCOCC1)C(=O)C1CCC(C)CC1. The number of amides is 2. The van der Waals surface area contributed by atoms with Crippen LogP contribution in [0.25, 0.3) is 0 Å². The van der Waals surface area contributed by atoms with E-state index in [2.05, 4.69) is 32.6 Å². The number of methoxy groups -OCH3 is 1. The number of hydrogen-bond donors (Lipinski definition) is 0. The molecule has 1 aliphatic heterocycles. The number of esters is 1. The zero-order valence-electron chi connectivity index (χ0n) is 20.7. The van der Waals surface area contributed by atoms with Gasteiger partial charge in [0.05, 0.1) is 30.9 Å². The molecule has 186 valence electrons. The van der Waals surface area contributed by atoms with Crippen LogP contribution in [0, 0.1) is 29.6 Å². The van der Waals surface area contributed by atoms with Crippen molar-refractivity contribution in [2.75, 3.05) is 44.9 Å². The Kier molecular flexibility index (Phi) is 9.54. The smallest absolute Gasteiger partial charge is 0.350 e. The second kappa shape index (κ2) is 12.4. The van der Waals surface area contributed by atoms with E-state index in [0.29, 0.717) is 53.6 Å². The molecule has 0 bridgehead atoms. The number of anilines is 1. The molecular weight excluding hydrogens is 452 g/mol. The van der Waals surface area contributed by atoms with Gasteiger partial charge in [0, 0.05) is 25.4 Å². The average Bonchev–Trinajstić information content (AvgIpc) is 3.26. The van der Waals surface area contributed by atoms with E-state index in [1.165, 1.54) is 23.3 Å². The van der Waals surface area contributed by atoms with E-state index in [4.69, 9.17) is 9.47 Å². The highest BCUT2D eigenvalue weighted by atomic mass is 32.1. The summed E-state index contributed by atoms with van der Waals surface area (Å²) < 4.78 is 10.4. The average molecular weight is 489 g/mol. The summed E-state index contributed by atoms with van der Waals surface area (Å²) in [5.41, 5.74) is 0.427. The van der Waals surface area contributed by atoms with E-state index >= 15 is 0 Å². The van der Waals surface area contributed by atoms with Gasteiger partial charge in [0.1, 0.15) is 11.4 Å². The monoisotopic (exact) mass is 488 g/mol. The number of nitrogens with zero attached hydrogens (tertiary/aromatic N) is 2. The molecule has 3 rings (SSSR count). The van der Waals surface area contributed by atoms with E-state index in [-0.39, 0.29) is 24.3 Å². The molecule has 1 saturated carbocycles. The van der Waals surface area contributed by atoms with Crippen molar-refractivity contribution in [1.29, 1.82) is 0 Å². The van der Waals surface area contributed by atoms with Gasteiger partial charge >= 0.3 is 5.97 Å². The highest BCUT2D eigenvalue weighted by Gasteiger charge is 2.34. The lowest BCUT2D eigenvalue weighted by Crippen LogP contribution is -2.49. The quantitative estimate of drug-likeness (QED) is 0.448. The summed E-state index contributed by atoms with van der Waals surface area (Å²) in [4.78, 5) is 43.8. The zero-order valence-corrected chi connectivity index (χ0v) is 21.5. The molecule has 2 fully saturated rings.